The van der Waals surface area contributed by atoms with Gasteiger partial charge in [-0.05, 0) is 42.0 Å². The Morgan fingerprint density at radius 1 is 0.955 bits per heavy atom. The van der Waals surface area contributed by atoms with Gasteiger partial charge in [-0.2, -0.15) is 0 Å². The molecule has 0 spiro atoms. The molecule has 3 rings (SSSR count). The van der Waals surface area contributed by atoms with Crippen molar-refractivity contribution in [3.8, 4) is 0 Å². The topological polar surface area (TPSA) is 29.3 Å². The van der Waals surface area contributed by atoms with E-state index in [2.05, 4.69) is 47.4 Å². The van der Waals surface area contributed by atoms with Crippen LogP contribution in [0, 0.1) is 5.92 Å². The second kappa shape index (κ2) is 7.28. The second-order valence-corrected chi connectivity index (χ2v) is 6.81. The van der Waals surface area contributed by atoms with E-state index in [-0.39, 0.29) is 6.04 Å². The molecular weight excluding hydrogens is 292 g/mol. The maximum Gasteiger partial charge on any atom is 0.0406 e. The molecule has 0 aliphatic carbocycles. The minimum atomic E-state index is 0.273. The van der Waals surface area contributed by atoms with Gasteiger partial charge in [0.25, 0.3) is 0 Å². The minimum absolute atomic E-state index is 0.273. The number of hydrogen-bond donors (Lipinski definition) is 1. The molecule has 0 radical (unpaired) electrons. The van der Waals surface area contributed by atoms with Crippen LogP contribution in [0.4, 0.5) is 0 Å². The summed E-state index contributed by atoms with van der Waals surface area (Å²) in [4.78, 5) is 2.48. The Hall–Kier alpha value is -1.35. The van der Waals surface area contributed by atoms with E-state index in [1.165, 1.54) is 11.1 Å². The van der Waals surface area contributed by atoms with E-state index in [0.717, 1.165) is 37.5 Å². The van der Waals surface area contributed by atoms with Crippen LogP contribution >= 0.6 is 11.6 Å². The van der Waals surface area contributed by atoms with E-state index in [0.29, 0.717) is 5.92 Å². The third-order valence-electron chi connectivity index (χ3n) is 4.33. The van der Waals surface area contributed by atoms with E-state index in [1.54, 1.807) is 0 Å². The molecule has 1 fully saturated rings. The molecule has 2 nitrogen and oxygen atoms in total. The number of benzene rings is 2. The van der Waals surface area contributed by atoms with E-state index in [1.807, 2.05) is 12.1 Å². The van der Waals surface area contributed by atoms with Gasteiger partial charge in [0.15, 0.2) is 0 Å². The van der Waals surface area contributed by atoms with Crippen molar-refractivity contribution in [1.82, 2.24) is 4.90 Å². The van der Waals surface area contributed by atoms with Gasteiger partial charge in [-0.25, -0.2) is 0 Å². The Kier molecular flexibility index (Phi) is 5.14. The number of nitrogens with two attached hydrogens (primary N) is 1. The lowest BCUT2D eigenvalue weighted by Crippen LogP contribution is -2.47. The summed E-state index contributed by atoms with van der Waals surface area (Å²) in [7, 11) is 0. The largest absolute Gasteiger partial charge is 0.327 e. The molecule has 3 heteroatoms. The molecule has 116 valence electrons. The first kappa shape index (κ1) is 15.5. The fourth-order valence-electron chi connectivity index (χ4n) is 3.42. The van der Waals surface area contributed by atoms with Gasteiger partial charge in [-0.15, -0.1) is 0 Å². The normalized spacial score (nSPS) is 22.6. The number of nitrogens with zero attached hydrogens (tertiary/aromatic N) is 1. The zero-order chi connectivity index (χ0) is 15.4. The summed E-state index contributed by atoms with van der Waals surface area (Å²) in [5, 5.41) is 0.793. The molecule has 0 saturated carbocycles. The highest BCUT2D eigenvalue weighted by Gasteiger charge is 2.25. The first-order chi connectivity index (χ1) is 10.7. The summed E-state index contributed by atoms with van der Waals surface area (Å²) in [6.45, 7) is 3.05. The Balaban J connectivity index is 1.62. The maximum atomic E-state index is 6.28. The third-order valence-corrected chi connectivity index (χ3v) is 4.58. The van der Waals surface area contributed by atoms with Gasteiger partial charge < -0.3 is 5.73 Å². The predicted octanol–water partition coefficient (Wildman–Crippen LogP) is 3.73. The molecule has 0 aromatic heterocycles. The van der Waals surface area contributed by atoms with E-state index in [4.69, 9.17) is 17.3 Å². The van der Waals surface area contributed by atoms with Crippen LogP contribution in [0.5, 0.6) is 0 Å². The van der Waals surface area contributed by atoms with Crippen molar-refractivity contribution in [1.29, 1.82) is 0 Å². The van der Waals surface area contributed by atoms with Crippen molar-refractivity contribution in [3.05, 3.63) is 70.7 Å². The van der Waals surface area contributed by atoms with Crippen molar-refractivity contribution in [3.63, 3.8) is 0 Å². The minimum Gasteiger partial charge on any atom is -0.327 e. The quantitative estimate of drug-likeness (QED) is 0.931. The Bertz CT molecular complexity index is 582. The molecule has 22 heavy (non-hydrogen) atoms. The zero-order valence-electron chi connectivity index (χ0n) is 12.8. The molecule has 1 heterocycles. The van der Waals surface area contributed by atoms with Crippen LogP contribution in [0.3, 0.4) is 0 Å². The van der Waals surface area contributed by atoms with Gasteiger partial charge in [0.05, 0.1) is 0 Å². The van der Waals surface area contributed by atoms with Crippen LogP contribution in [0.1, 0.15) is 17.5 Å². The van der Waals surface area contributed by atoms with Gasteiger partial charge in [0.1, 0.15) is 0 Å². The van der Waals surface area contributed by atoms with Crippen molar-refractivity contribution in [2.45, 2.75) is 25.4 Å². The number of piperidine rings is 1. The summed E-state index contributed by atoms with van der Waals surface area (Å²) >= 11 is 5.96. The smallest absolute Gasteiger partial charge is 0.0406 e. The SMILES string of the molecule is NC1CC(Cc2ccccc2)CN(Cc2ccc(Cl)cc2)C1. The highest BCUT2D eigenvalue weighted by Crippen LogP contribution is 2.22. The van der Waals surface area contributed by atoms with Crippen molar-refractivity contribution >= 4 is 11.6 Å². The second-order valence-electron chi connectivity index (χ2n) is 6.37. The molecule has 1 aliphatic heterocycles. The molecule has 2 unspecified atom stereocenters. The summed E-state index contributed by atoms with van der Waals surface area (Å²) in [5.74, 6) is 0.637. The van der Waals surface area contributed by atoms with Crippen LogP contribution < -0.4 is 5.73 Å². The van der Waals surface area contributed by atoms with Crippen LogP contribution in [-0.4, -0.2) is 24.0 Å². The Morgan fingerprint density at radius 2 is 1.68 bits per heavy atom. The number of rotatable bonds is 4. The molecule has 2 aromatic carbocycles. The molecule has 1 saturated heterocycles. The fourth-order valence-corrected chi connectivity index (χ4v) is 3.55. The molecule has 0 bridgehead atoms. The Labute approximate surface area is 137 Å². The molecule has 0 amide bonds. The maximum absolute atomic E-state index is 6.28. The van der Waals surface area contributed by atoms with Gasteiger partial charge in [0, 0.05) is 30.7 Å². The van der Waals surface area contributed by atoms with Crippen LogP contribution in [0.25, 0.3) is 0 Å². The molecule has 2 N–H and O–H groups in total. The summed E-state index contributed by atoms with van der Waals surface area (Å²) in [6, 6.07) is 19.1. The van der Waals surface area contributed by atoms with Crippen LogP contribution in [0.2, 0.25) is 5.02 Å². The monoisotopic (exact) mass is 314 g/mol. The Morgan fingerprint density at radius 3 is 2.41 bits per heavy atom. The summed E-state index contributed by atoms with van der Waals surface area (Å²) in [6.07, 6.45) is 2.23. The summed E-state index contributed by atoms with van der Waals surface area (Å²) < 4.78 is 0. The van der Waals surface area contributed by atoms with E-state index < -0.39 is 0 Å². The zero-order valence-corrected chi connectivity index (χ0v) is 13.5. The van der Waals surface area contributed by atoms with Gasteiger partial charge >= 0.3 is 0 Å². The van der Waals surface area contributed by atoms with Crippen molar-refractivity contribution in [2.75, 3.05) is 13.1 Å². The highest BCUT2D eigenvalue weighted by atomic mass is 35.5. The molecule has 2 atom stereocenters. The average Bonchev–Trinajstić information content (AvgIpc) is 2.50. The first-order valence-electron chi connectivity index (χ1n) is 7.95. The summed E-state index contributed by atoms with van der Waals surface area (Å²) in [5.41, 5.74) is 9.00. The van der Waals surface area contributed by atoms with Crippen LogP contribution in [0.15, 0.2) is 54.6 Å². The molecule has 1 aliphatic rings. The standard InChI is InChI=1S/C19H23ClN2/c20-18-8-6-16(7-9-18)12-22-13-17(11-19(21)14-22)10-15-4-2-1-3-5-15/h1-9,17,19H,10-14,21H2. The van der Waals surface area contributed by atoms with E-state index in [9.17, 15) is 0 Å². The number of hydrogen-bond acceptors (Lipinski definition) is 2. The van der Waals surface area contributed by atoms with Gasteiger partial charge in [0.2, 0.25) is 0 Å². The predicted molar refractivity (Wildman–Crippen MR) is 93.0 cm³/mol. The first-order valence-corrected chi connectivity index (χ1v) is 8.33. The van der Waals surface area contributed by atoms with Crippen molar-refractivity contribution < 1.29 is 0 Å². The fraction of sp³-hybridized carbons (Fsp3) is 0.368. The molecule has 2 aromatic rings. The lowest BCUT2D eigenvalue weighted by Gasteiger charge is -2.36. The van der Waals surface area contributed by atoms with Crippen molar-refractivity contribution in [2.24, 2.45) is 11.7 Å². The van der Waals surface area contributed by atoms with E-state index >= 15 is 0 Å². The molecular formula is C19H23ClN2. The highest BCUT2D eigenvalue weighted by molar-refractivity contribution is 6.30. The number of likely N-dealkylation sites (tertiary alicyclic amines) is 1. The van der Waals surface area contributed by atoms with Gasteiger partial charge in [-0.1, -0.05) is 54.1 Å². The lowest BCUT2D eigenvalue weighted by molar-refractivity contribution is 0.149. The van der Waals surface area contributed by atoms with Gasteiger partial charge in [-0.3, -0.25) is 4.90 Å². The third kappa shape index (κ3) is 4.33. The lowest BCUT2D eigenvalue weighted by atomic mass is 9.89. The van der Waals surface area contributed by atoms with Crippen LogP contribution in [-0.2, 0) is 13.0 Å². The number of halogens is 1. The average molecular weight is 315 g/mol.